The van der Waals surface area contributed by atoms with Gasteiger partial charge in [0.05, 0.1) is 25.7 Å². The van der Waals surface area contributed by atoms with Crippen LogP contribution in [0.15, 0.2) is 24.3 Å². The fourth-order valence-corrected chi connectivity index (χ4v) is 2.46. The first-order valence-electron chi connectivity index (χ1n) is 6.19. The van der Waals surface area contributed by atoms with Crippen LogP contribution in [0.5, 0.6) is 0 Å². The van der Waals surface area contributed by atoms with Gasteiger partial charge in [0.15, 0.2) is 0 Å². The quantitative estimate of drug-likeness (QED) is 0.784. The number of carbonyl (C=O) groups excluding carboxylic acids is 1. The highest BCUT2D eigenvalue weighted by molar-refractivity contribution is 6.18. The average molecular weight is 268 g/mol. The van der Waals surface area contributed by atoms with Crippen molar-refractivity contribution in [3.8, 4) is 0 Å². The van der Waals surface area contributed by atoms with Gasteiger partial charge in [-0.3, -0.25) is 4.79 Å². The van der Waals surface area contributed by atoms with E-state index in [0.29, 0.717) is 32.1 Å². The van der Waals surface area contributed by atoms with Crippen LogP contribution < -0.4 is 0 Å². The van der Waals surface area contributed by atoms with Crippen molar-refractivity contribution in [2.45, 2.75) is 19.4 Å². The Hall–Kier alpha value is -1.06. The molecule has 1 amide bonds. The van der Waals surface area contributed by atoms with Crippen LogP contribution >= 0.6 is 11.6 Å². The molecule has 1 aromatic carbocycles. The number of carbonyl (C=O) groups is 1. The molecule has 1 aromatic rings. The molecule has 98 valence electrons. The summed E-state index contributed by atoms with van der Waals surface area (Å²) in [6.45, 7) is 3.82. The van der Waals surface area contributed by atoms with Gasteiger partial charge in [0, 0.05) is 12.4 Å². The van der Waals surface area contributed by atoms with E-state index >= 15 is 0 Å². The monoisotopic (exact) mass is 267 g/mol. The van der Waals surface area contributed by atoms with E-state index in [1.807, 2.05) is 36.1 Å². The van der Waals surface area contributed by atoms with Crippen LogP contribution in [0.3, 0.4) is 0 Å². The minimum Gasteiger partial charge on any atom is -0.377 e. The van der Waals surface area contributed by atoms with E-state index in [9.17, 15) is 4.79 Å². The molecular weight excluding hydrogens is 250 g/mol. The van der Waals surface area contributed by atoms with Crippen molar-refractivity contribution in [2.24, 2.45) is 0 Å². The summed E-state index contributed by atoms with van der Waals surface area (Å²) >= 11 is 5.87. The van der Waals surface area contributed by atoms with Gasteiger partial charge in [-0.05, 0) is 12.5 Å². The first-order valence-corrected chi connectivity index (χ1v) is 6.73. The number of aryl methyl sites for hydroxylation is 1. The Morgan fingerprint density at radius 3 is 3.11 bits per heavy atom. The van der Waals surface area contributed by atoms with E-state index < -0.39 is 0 Å². The molecule has 1 heterocycles. The third-order valence-corrected chi connectivity index (χ3v) is 3.52. The Bertz CT molecular complexity index is 422. The summed E-state index contributed by atoms with van der Waals surface area (Å²) in [6.07, 6.45) is 0.440. The summed E-state index contributed by atoms with van der Waals surface area (Å²) in [7, 11) is 0. The number of hydrogen-bond donors (Lipinski definition) is 0. The highest BCUT2D eigenvalue weighted by Crippen LogP contribution is 2.12. The molecule has 1 fully saturated rings. The maximum absolute atomic E-state index is 12.3. The Morgan fingerprint density at radius 2 is 2.39 bits per heavy atom. The van der Waals surface area contributed by atoms with Gasteiger partial charge in [0.2, 0.25) is 5.91 Å². The smallest absolute Gasteiger partial charge is 0.227 e. The second-order valence-corrected chi connectivity index (χ2v) is 4.94. The van der Waals surface area contributed by atoms with Gasteiger partial charge >= 0.3 is 0 Å². The average Bonchev–Trinajstić information content (AvgIpc) is 2.38. The van der Waals surface area contributed by atoms with Crippen molar-refractivity contribution in [3.63, 3.8) is 0 Å². The Morgan fingerprint density at radius 1 is 1.56 bits per heavy atom. The van der Waals surface area contributed by atoms with Crippen molar-refractivity contribution in [1.29, 1.82) is 0 Å². The molecule has 0 radical (unpaired) electrons. The number of morpholine rings is 1. The molecule has 1 saturated heterocycles. The highest BCUT2D eigenvalue weighted by Gasteiger charge is 2.26. The number of halogens is 1. The number of alkyl halides is 1. The molecule has 0 N–H and O–H groups in total. The fraction of sp³-hybridized carbons (Fsp3) is 0.500. The van der Waals surface area contributed by atoms with Crippen molar-refractivity contribution in [1.82, 2.24) is 4.90 Å². The molecule has 0 aromatic heterocycles. The van der Waals surface area contributed by atoms with Gasteiger partial charge in [0.25, 0.3) is 0 Å². The van der Waals surface area contributed by atoms with E-state index in [1.54, 1.807) is 0 Å². The largest absolute Gasteiger partial charge is 0.377 e. The van der Waals surface area contributed by atoms with Crippen LogP contribution in [0.4, 0.5) is 0 Å². The summed E-state index contributed by atoms with van der Waals surface area (Å²) in [5.74, 6) is 0.564. The van der Waals surface area contributed by atoms with E-state index in [-0.39, 0.29) is 11.9 Å². The summed E-state index contributed by atoms with van der Waals surface area (Å²) in [5, 5.41) is 0. The van der Waals surface area contributed by atoms with Gasteiger partial charge in [-0.1, -0.05) is 29.8 Å². The molecule has 0 bridgehead atoms. The molecular formula is C14H18ClNO2. The van der Waals surface area contributed by atoms with Crippen LogP contribution in [0.2, 0.25) is 0 Å². The van der Waals surface area contributed by atoms with Crippen LogP contribution in [-0.4, -0.2) is 42.5 Å². The second-order valence-electron chi connectivity index (χ2n) is 4.64. The zero-order chi connectivity index (χ0) is 13.0. The minimum absolute atomic E-state index is 0.0118. The van der Waals surface area contributed by atoms with Gasteiger partial charge in [-0.2, -0.15) is 0 Å². The summed E-state index contributed by atoms with van der Waals surface area (Å²) in [6, 6.07) is 8.06. The standard InChI is InChI=1S/C14H18ClNO2/c1-11-3-2-4-12(7-11)8-14(17)16-5-6-18-10-13(16)9-15/h2-4,7,13H,5-6,8-10H2,1H3. The zero-order valence-electron chi connectivity index (χ0n) is 10.6. The number of benzene rings is 1. The normalized spacial score (nSPS) is 19.9. The minimum atomic E-state index is 0.0118. The van der Waals surface area contributed by atoms with Gasteiger partial charge in [0.1, 0.15) is 0 Å². The van der Waals surface area contributed by atoms with Crippen LogP contribution in [0, 0.1) is 6.92 Å². The molecule has 3 nitrogen and oxygen atoms in total. The van der Waals surface area contributed by atoms with Crippen molar-refractivity contribution >= 4 is 17.5 Å². The Balaban J connectivity index is 2.02. The maximum atomic E-state index is 12.3. The molecule has 1 unspecified atom stereocenters. The van der Waals surface area contributed by atoms with Crippen LogP contribution in [0.25, 0.3) is 0 Å². The zero-order valence-corrected chi connectivity index (χ0v) is 11.3. The lowest BCUT2D eigenvalue weighted by atomic mass is 10.1. The number of rotatable bonds is 3. The van der Waals surface area contributed by atoms with E-state index in [1.165, 1.54) is 5.56 Å². The maximum Gasteiger partial charge on any atom is 0.227 e. The molecule has 18 heavy (non-hydrogen) atoms. The van der Waals surface area contributed by atoms with Gasteiger partial charge in [-0.25, -0.2) is 0 Å². The molecule has 2 rings (SSSR count). The summed E-state index contributed by atoms with van der Waals surface area (Å²) in [5.41, 5.74) is 2.23. The second kappa shape index (κ2) is 6.21. The first-order chi connectivity index (χ1) is 8.70. The number of nitrogens with zero attached hydrogens (tertiary/aromatic N) is 1. The SMILES string of the molecule is Cc1cccc(CC(=O)N2CCOCC2CCl)c1. The topological polar surface area (TPSA) is 29.5 Å². The molecule has 1 aliphatic heterocycles. The van der Waals surface area contributed by atoms with E-state index in [0.717, 1.165) is 5.56 Å². The molecule has 0 saturated carbocycles. The van der Waals surface area contributed by atoms with E-state index in [2.05, 4.69) is 0 Å². The summed E-state index contributed by atoms with van der Waals surface area (Å²) in [4.78, 5) is 14.1. The van der Waals surface area contributed by atoms with Crippen LogP contribution in [-0.2, 0) is 16.0 Å². The predicted octanol–water partition coefficient (Wildman–Crippen LogP) is 2.00. The van der Waals surface area contributed by atoms with Gasteiger partial charge < -0.3 is 9.64 Å². The predicted molar refractivity (Wildman–Crippen MR) is 71.9 cm³/mol. The lowest BCUT2D eigenvalue weighted by Crippen LogP contribution is -2.50. The van der Waals surface area contributed by atoms with Crippen molar-refractivity contribution in [3.05, 3.63) is 35.4 Å². The van der Waals surface area contributed by atoms with Crippen LogP contribution in [0.1, 0.15) is 11.1 Å². The lowest BCUT2D eigenvalue weighted by Gasteiger charge is -2.34. The molecule has 4 heteroatoms. The molecule has 0 spiro atoms. The number of ether oxygens (including phenoxy) is 1. The number of hydrogen-bond acceptors (Lipinski definition) is 2. The van der Waals surface area contributed by atoms with E-state index in [4.69, 9.17) is 16.3 Å². The Labute approximate surface area is 113 Å². The third-order valence-electron chi connectivity index (χ3n) is 3.16. The molecule has 1 aliphatic rings. The van der Waals surface area contributed by atoms with Crippen molar-refractivity contribution < 1.29 is 9.53 Å². The lowest BCUT2D eigenvalue weighted by molar-refractivity contribution is -0.138. The third kappa shape index (κ3) is 3.24. The Kier molecular flexibility index (Phi) is 4.61. The fourth-order valence-electron chi connectivity index (χ4n) is 2.21. The number of amides is 1. The first kappa shape index (κ1) is 13.4. The molecule has 0 aliphatic carbocycles. The van der Waals surface area contributed by atoms with Crippen molar-refractivity contribution in [2.75, 3.05) is 25.6 Å². The highest BCUT2D eigenvalue weighted by atomic mass is 35.5. The summed E-state index contributed by atoms with van der Waals surface area (Å²) < 4.78 is 5.34. The molecule has 1 atom stereocenters. The van der Waals surface area contributed by atoms with Gasteiger partial charge in [-0.15, -0.1) is 11.6 Å².